The Balaban J connectivity index is 1.21. The van der Waals surface area contributed by atoms with Crippen molar-refractivity contribution in [2.24, 2.45) is 0 Å². The monoisotopic (exact) mass is 538 g/mol. The molecular formula is C27H24F2N4O4S. The SMILES string of the molecule is C[C@H](NC(=O)Cc1cc(F)cc(F)c1)C(=O)Nc1ccc(-c2cn3c4c(sc3n2)C(C(=O)O)CCC4)cc1. The van der Waals surface area contributed by atoms with Crippen molar-refractivity contribution in [1.29, 1.82) is 0 Å². The van der Waals surface area contributed by atoms with Crippen LogP contribution in [0, 0.1) is 11.6 Å². The Labute approximate surface area is 220 Å². The number of carboxylic acids is 1. The lowest BCUT2D eigenvalue weighted by molar-refractivity contribution is -0.139. The van der Waals surface area contributed by atoms with Gasteiger partial charge in [-0.2, -0.15) is 0 Å². The minimum absolute atomic E-state index is 0.171. The van der Waals surface area contributed by atoms with E-state index in [-0.39, 0.29) is 12.0 Å². The van der Waals surface area contributed by atoms with Gasteiger partial charge in [0.15, 0.2) is 4.96 Å². The number of aryl methyl sites for hydroxylation is 1. The first-order valence-corrected chi connectivity index (χ1v) is 12.9. The lowest BCUT2D eigenvalue weighted by Gasteiger charge is -2.17. The number of hydrogen-bond acceptors (Lipinski definition) is 5. The molecule has 0 radical (unpaired) electrons. The number of nitrogens with one attached hydrogen (secondary N) is 2. The molecule has 1 aliphatic carbocycles. The molecule has 0 saturated carbocycles. The number of halogens is 2. The number of fused-ring (bicyclic) bond motifs is 3. The highest BCUT2D eigenvalue weighted by Gasteiger charge is 2.30. The Morgan fingerprint density at radius 1 is 1.16 bits per heavy atom. The van der Waals surface area contributed by atoms with E-state index in [0.717, 1.165) is 57.8 Å². The lowest BCUT2D eigenvalue weighted by Crippen LogP contribution is -2.42. The van der Waals surface area contributed by atoms with Crippen LogP contribution in [0.4, 0.5) is 14.5 Å². The summed E-state index contributed by atoms with van der Waals surface area (Å²) in [5, 5.41) is 14.8. The van der Waals surface area contributed by atoms with E-state index in [9.17, 15) is 28.3 Å². The van der Waals surface area contributed by atoms with E-state index in [1.165, 1.54) is 18.3 Å². The van der Waals surface area contributed by atoms with Gasteiger partial charge < -0.3 is 15.7 Å². The molecule has 2 amide bonds. The fraction of sp³-hybridized carbons (Fsp3) is 0.259. The quantitative estimate of drug-likeness (QED) is 0.320. The minimum atomic E-state index is -0.874. The molecule has 2 heterocycles. The minimum Gasteiger partial charge on any atom is -0.481 e. The largest absolute Gasteiger partial charge is 0.481 e. The summed E-state index contributed by atoms with van der Waals surface area (Å²) in [4.78, 5) is 42.7. The van der Waals surface area contributed by atoms with Crippen molar-refractivity contribution in [3.05, 3.63) is 76.4 Å². The third-order valence-corrected chi connectivity index (χ3v) is 7.69. The zero-order chi connectivity index (χ0) is 27.0. The number of hydrogen-bond donors (Lipinski definition) is 3. The first kappa shape index (κ1) is 25.5. The number of nitrogens with zero attached hydrogens (tertiary/aromatic N) is 2. The number of benzene rings is 2. The Bertz CT molecular complexity index is 1530. The van der Waals surface area contributed by atoms with Crippen molar-refractivity contribution in [3.63, 3.8) is 0 Å². The lowest BCUT2D eigenvalue weighted by atomic mass is 9.92. The molecule has 0 saturated heterocycles. The van der Waals surface area contributed by atoms with E-state index in [0.29, 0.717) is 12.1 Å². The van der Waals surface area contributed by atoms with Crippen molar-refractivity contribution in [3.8, 4) is 11.3 Å². The Morgan fingerprint density at radius 2 is 1.87 bits per heavy atom. The van der Waals surface area contributed by atoms with E-state index in [1.807, 2.05) is 22.7 Å². The molecule has 0 fully saturated rings. The second-order valence-electron chi connectivity index (χ2n) is 9.29. The van der Waals surface area contributed by atoms with Gasteiger partial charge in [0.25, 0.3) is 0 Å². The van der Waals surface area contributed by atoms with Crippen LogP contribution < -0.4 is 10.6 Å². The van der Waals surface area contributed by atoms with Crippen LogP contribution in [0.25, 0.3) is 16.2 Å². The molecule has 1 aliphatic rings. The molecule has 196 valence electrons. The average Bonchev–Trinajstić information content (AvgIpc) is 3.42. The molecule has 8 nitrogen and oxygen atoms in total. The fourth-order valence-electron chi connectivity index (χ4n) is 4.63. The number of aliphatic carboxylic acids is 1. The number of aromatic nitrogens is 2. The molecule has 0 spiro atoms. The molecule has 5 rings (SSSR count). The maximum Gasteiger partial charge on any atom is 0.311 e. The van der Waals surface area contributed by atoms with Crippen molar-refractivity contribution < 1.29 is 28.3 Å². The van der Waals surface area contributed by atoms with Crippen LogP contribution in [0.15, 0.2) is 48.7 Å². The van der Waals surface area contributed by atoms with Gasteiger partial charge in [0, 0.05) is 34.1 Å². The molecule has 4 aromatic rings. The maximum absolute atomic E-state index is 13.3. The van der Waals surface area contributed by atoms with E-state index in [4.69, 9.17) is 0 Å². The van der Waals surface area contributed by atoms with E-state index >= 15 is 0 Å². The summed E-state index contributed by atoms with van der Waals surface area (Å²) in [5.74, 6) is -3.81. The van der Waals surface area contributed by atoms with Crippen LogP contribution in [0.5, 0.6) is 0 Å². The maximum atomic E-state index is 13.3. The second-order valence-corrected chi connectivity index (χ2v) is 10.3. The summed E-state index contributed by atoms with van der Waals surface area (Å²) in [6.45, 7) is 1.52. The Kier molecular flexibility index (Phi) is 6.94. The first-order chi connectivity index (χ1) is 18.2. The zero-order valence-electron chi connectivity index (χ0n) is 20.3. The van der Waals surface area contributed by atoms with Gasteiger partial charge in [0.2, 0.25) is 11.8 Å². The molecule has 2 atom stereocenters. The highest BCUT2D eigenvalue weighted by Crippen LogP contribution is 2.39. The molecule has 11 heteroatoms. The Morgan fingerprint density at radius 3 is 2.55 bits per heavy atom. The molecule has 1 unspecified atom stereocenters. The summed E-state index contributed by atoms with van der Waals surface area (Å²) >= 11 is 1.42. The van der Waals surface area contributed by atoms with Crippen LogP contribution in [0.2, 0.25) is 0 Å². The predicted molar refractivity (Wildman–Crippen MR) is 138 cm³/mol. The standard InChI is InChI=1S/C27H24F2N4O4S/c1-14(30-23(34)11-15-9-17(28)12-18(29)10-15)25(35)31-19-7-5-16(6-8-19)21-13-33-22-4-2-3-20(26(36)37)24(22)38-27(33)32-21/h5-10,12-14,20H,2-4,11H2,1H3,(H,30,34)(H,31,35)(H,36,37)/t14-,20?/m0/s1. The van der Waals surface area contributed by atoms with Crippen LogP contribution in [0.1, 0.15) is 41.8 Å². The number of carboxylic acid groups (broad SMARTS) is 1. The van der Waals surface area contributed by atoms with Gasteiger partial charge in [0.1, 0.15) is 17.7 Å². The van der Waals surface area contributed by atoms with Gasteiger partial charge in [-0.25, -0.2) is 13.8 Å². The zero-order valence-corrected chi connectivity index (χ0v) is 21.1. The van der Waals surface area contributed by atoms with E-state index in [1.54, 1.807) is 12.1 Å². The van der Waals surface area contributed by atoms with Gasteiger partial charge >= 0.3 is 5.97 Å². The molecule has 2 aromatic carbocycles. The van der Waals surface area contributed by atoms with E-state index in [2.05, 4.69) is 15.6 Å². The normalized spacial score (nSPS) is 15.6. The fourth-order valence-corrected chi connectivity index (χ4v) is 5.91. The number of amides is 2. The molecule has 2 aromatic heterocycles. The molecular weight excluding hydrogens is 514 g/mol. The van der Waals surface area contributed by atoms with Gasteiger partial charge in [-0.15, -0.1) is 11.3 Å². The molecule has 3 N–H and O–H groups in total. The molecule has 0 aliphatic heterocycles. The number of carbonyl (C=O) groups is 3. The predicted octanol–water partition coefficient (Wildman–Crippen LogP) is 4.53. The number of anilines is 1. The first-order valence-electron chi connectivity index (χ1n) is 12.1. The number of rotatable bonds is 7. The molecule has 38 heavy (non-hydrogen) atoms. The number of thiazole rings is 1. The van der Waals surface area contributed by atoms with Crippen LogP contribution >= 0.6 is 11.3 Å². The smallest absolute Gasteiger partial charge is 0.311 e. The van der Waals surface area contributed by atoms with Crippen LogP contribution in [0.3, 0.4) is 0 Å². The van der Waals surface area contributed by atoms with Crippen molar-refractivity contribution in [2.75, 3.05) is 5.32 Å². The Hall–Kier alpha value is -4.12. The highest BCUT2D eigenvalue weighted by atomic mass is 32.1. The highest BCUT2D eigenvalue weighted by molar-refractivity contribution is 7.17. The van der Waals surface area contributed by atoms with Gasteiger partial charge in [-0.1, -0.05) is 12.1 Å². The van der Waals surface area contributed by atoms with Crippen LogP contribution in [-0.4, -0.2) is 38.3 Å². The van der Waals surface area contributed by atoms with E-state index < -0.39 is 41.4 Å². The summed E-state index contributed by atoms with van der Waals surface area (Å²) in [6, 6.07) is 9.07. The van der Waals surface area contributed by atoms with Gasteiger partial charge in [0.05, 0.1) is 18.0 Å². The number of imidazole rings is 1. The van der Waals surface area contributed by atoms with Crippen LogP contribution in [-0.2, 0) is 27.2 Å². The average molecular weight is 539 g/mol. The molecule has 0 bridgehead atoms. The summed E-state index contributed by atoms with van der Waals surface area (Å²) in [5.41, 5.74) is 3.27. The summed E-state index contributed by atoms with van der Waals surface area (Å²) < 4.78 is 28.6. The van der Waals surface area contributed by atoms with Crippen molar-refractivity contribution in [2.45, 2.75) is 44.6 Å². The summed E-state index contributed by atoms with van der Waals surface area (Å²) in [6.07, 6.45) is 3.92. The summed E-state index contributed by atoms with van der Waals surface area (Å²) in [7, 11) is 0. The van der Waals surface area contributed by atoms with Crippen molar-refractivity contribution in [1.82, 2.24) is 14.7 Å². The van der Waals surface area contributed by atoms with Gasteiger partial charge in [-0.3, -0.25) is 18.8 Å². The third-order valence-electron chi connectivity index (χ3n) is 6.48. The number of carbonyl (C=O) groups excluding carboxylic acids is 2. The van der Waals surface area contributed by atoms with Crippen molar-refractivity contribution >= 4 is 39.8 Å². The third kappa shape index (κ3) is 5.28. The second kappa shape index (κ2) is 10.3. The topological polar surface area (TPSA) is 113 Å². The van der Waals surface area contributed by atoms with Gasteiger partial charge in [-0.05, 0) is 56.0 Å².